The van der Waals surface area contributed by atoms with Crippen LogP contribution >= 0.6 is 34.8 Å². The van der Waals surface area contributed by atoms with Crippen molar-refractivity contribution in [3.8, 4) is 0 Å². The van der Waals surface area contributed by atoms with Gasteiger partial charge in [-0.05, 0) is 61.4 Å². The van der Waals surface area contributed by atoms with Gasteiger partial charge in [0, 0.05) is 29.1 Å². The van der Waals surface area contributed by atoms with Gasteiger partial charge in [-0.15, -0.1) is 0 Å². The third-order valence-electron chi connectivity index (χ3n) is 6.79. The summed E-state index contributed by atoms with van der Waals surface area (Å²) in [7, 11) is -4.26. The molecule has 1 N–H and O–H groups in total. The van der Waals surface area contributed by atoms with E-state index in [0.717, 1.165) is 9.87 Å². The number of nitrogens with one attached hydrogen (secondary N) is 1. The van der Waals surface area contributed by atoms with Crippen LogP contribution in [-0.4, -0.2) is 43.8 Å². The molecule has 4 rings (SSSR count). The van der Waals surface area contributed by atoms with E-state index in [1.807, 2.05) is 44.2 Å². The predicted octanol–water partition coefficient (Wildman–Crippen LogP) is 7.01. The molecule has 4 aromatic carbocycles. The van der Waals surface area contributed by atoms with Crippen molar-refractivity contribution in [1.29, 1.82) is 0 Å². The minimum Gasteiger partial charge on any atom is -0.352 e. The Labute approximate surface area is 273 Å². The van der Waals surface area contributed by atoms with Gasteiger partial charge in [-0.1, -0.05) is 102 Å². The van der Waals surface area contributed by atoms with Crippen LogP contribution in [0.1, 0.15) is 25.0 Å². The summed E-state index contributed by atoms with van der Waals surface area (Å²) in [5.74, 6) is -1.02. The Morgan fingerprint density at radius 2 is 1.41 bits per heavy atom. The lowest BCUT2D eigenvalue weighted by atomic mass is 10.0. The first-order chi connectivity index (χ1) is 21.0. The average Bonchev–Trinajstić information content (AvgIpc) is 2.99. The third-order valence-corrected chi connectivity index (χ3v) is 9.47. The average molecular weight is 673 g/mol. The van der Waals surface area contributed by atoms with Crippen molar-refractivity contribution in [2.45, 2.75) is 43.8 Å². The van der Waals surface area contributed by atoms with E-state index in [9.17, 15) is 18.0 Å². The SMILES string of the molecule is CC(C)NC(=O)[C@@H](Cc1ccccc1)N(Cc1ccc(Cl)cc1Cl)C(=O)CN(c1ccccc1Cl)S(=O)(=O)c1ccccc1. The van der Waals surface area contributed by atoms with E-state index in [1.165, 1.54) is 23.1 Å². The van der Waals surface area contributed by atoms with Gasteiger partial charge in [0.15, 0.2) is 0 Å². The molecule has 0 aliphatic heterocycles. The smallest absolute Gasteiger partial charge is 0.264 e. The lowest BCUT2D eigenvalue weighted by Gasteiger charge is -2.34. The van der Waals surface area contributed by atoms with E-state index in [2.05, 4.69) is 5.32 Å². The van der Waals surface area contributed by atoms with E-state index in [-0.39, 0.29) is 34.6 Å². The zero-order valence-electron chi connectivity index (χ0n) is 24.2. The van der Waals surface area contributed by atoms with Gasteiger partial charge < -0.3 is 10.2 Å². The number of benzene rings is 4. The lowest BCUT2D eigenvalue weighted by Crippen LogP contribution is -2.54. The van der Waals surface area contributed by atoms with Gasteiger partial charge in [0.05, 0.1) is 15.6 Å². The van der Waals surface area contributed by atoms with Gasteiger partial charge in [-0.2, -0.15) is 0 Å². The fraction of sp³-hybridized carbons (Fsp3) is 0.212. The first-order valence-electron chi connectivity index (χ1n) is 13.9. The zero-order chi connectivity index (χ0) is 31.9. The Hall–Kier alpha value is -3.56. The van der Waals surface area contributed by atoms with Crippen LogP contribution in [0.15, 0.2) is 108 Å². The number of carbonyl (C=O) groups excluding carboxylic acids is 2. The third kappa shape index (κ3) is 8.33. The van der Waals surface area contributed by atoms with Crippen LogP contribution in [0.4, 0.5) is 5.69 Å². The quantitative estimate of drug-likeness (QED) is 0.176. The maximum absolute atomic E-state index is 14.4. The molecule has 0 spiro atoms. The van der Waals surface area contributed by atoms with E-state index in [0.29, 0.717) is 15.6 Å². The molecule has 0 aromatic heterocycles. The molecule has 0 heterocycles. The number of rotatable bonds is 12. The molecule has 0 aliphatic rings. The fourth-order valence-corrected chi connectivity index (χ4v) is 6.87. The minimum atomic E-state index is -4.26. The maximum Gasteiger partial charge on any atom is 0.264 e. The molecular weight excluding hydrogens is 641 g/mol. The number of carbonyl (C=O) groups is 2. The van der Waals surface area contributed by atoms with Crippen LogP contribution in [0, 0.1) is 0 Å². The second-order valence-electron chi connectivity index (χ2n) is 10.4. The molecule has 0 bridgehead atoms. The highest BCUT2D eigenvalue weighted by molar-refractivity contribution is 7.92. The zero-order valence-corrected chi connectivity index (χ0v) is 27.2. The highest BCUT2D eigenvalue weighted by atomic mass is 35.5. The van der Waals surface area contributed by atoms with Gasteiger partial charge in [-0.25, -0.2) is 8.42 Å². The lowest BCUT2D eigenvalue weighted by molar-refractivity contribution is -0.140. The number of amides is 2. The molecule has 0 fully saturated rings. The van der Waals surface area contributed by atoms with Gasteiger partial charge in [0.2, 0.25) is 11.8 Å². The fourth-order valence-electron chi connectivity index (χ4n) is 4.66. The number of anilines is 1. The molecule has 0 saturated heterocycles. The van der Waals surface area contributed by atoms with Gasteiger partial charge in [0.1, 0.15) is 12.6 Å². The Balaban J connectivity index is 1.83. The number of nitrogens with zero attached hydrogens (tertiary/aromatic N) is 2. The van der Waals surface area contributed by atoms with Crippen LogP contribution in [0.25, 0.3) is 0 Å². The summed E-state index contributed by atoms with van der Waals surface area (Å²) in [6.45, 7) is 2.93. The summed E-state index contributed by atoms with van der Waals surface area (Å²) in [6, 6.07) is 27.1. The number of sulfonamides is 1. The summed E-state index contributed by atoms with van der Waals surface area (Å²) >= 11 is 19.2. The first kappa shape index (κ1) is 33.3. The van der Waals surface area contributed by atoms with Gasteiger partial charge in [0.25, 0.3) is 10.0 Å². The van der Waals surface area contributed by atoms with Crippen molar-refractivity contribution in [3.63, 3.8) is 0 Å². The van der Waals surface area contributed by atoms with Crippen LogP contribution in [0.2, 0.25) is 15.1 Å². The second-order valence-corrected chi connectivity index (χ2v) is 13.5. The molecule has 0 aliphatic carbocycles. The summed E-state index contributed by atoms with van der Waals surface area (Å²) in [6.07, 6.45) is 0.174. The normalized spacial score (nSPS) is 12.0. The standard InChI is InChI=1S/C33H32Cl3N3O4S/c1-23(2)37-33(41)31(19-24-11-5-3-6-12-24)38(21-25-17-18-26(34)20-29(25)36)32(40)22-39(30-16-10-9-15-28(30)35)44(42,43)27-13-7-4-8-14-27/h3-18,20,23,31H,19,21-22H2,1-2H3,(H,37,41)/t31-/m1/s1. The van der Waals surface area contributed by atoms with Crippen LogP contribution in [0.5, 0.6) is 0 Å². The van der Waals surface area contributed by atoms with E-state index >= 15 is 0 Å². The Morgan fingerprint density at radius 1 is 0.795 bits per heavy atom. The summed E-state index contributed by atoms with van der Waals surface area (Å²) < 4.78 is 29.0. The van der Waals surface area contributed by atoms with E-state index < -0.39 is 34.4 Å². The topological polar surface area (TPSA) is 86.8 Å². The molecule has 11 heteroatoms. The van der Waals surface area contributed by atoms with Crippen molar-refractivity contribution in [1.82, 2.24) is 10.2 Å². The van der Waals surface area contributed by atoms with E-state index in [1.54, 1.807) is 54.6 Å². The Bertz CT molecular complexity index is 1700. The molecule has 0 saturated carbocycles. The second kappa shape index (κ2) is 14.9. The molecule has 0 unspecified atom stereocenters. The highest BCUT2D eigenvalue weighted by Crippen LogP contribution is 2.31. The number of halogens is 3. The number of hydrogen-bond donors (Lipinski definition) is 1. The monoisotopic (exact) mass is 671 g/mol. The molecule has 4 aromatic rings. The highest BCUT2D eigenvalue weighted by Gasteiger charge is 2.35. The van der Waals surface area contributed by atoms with E-state index in [4.69, 9.17) is 34.8 Å². The molecule has 2 amide bonds. The summed E-state index contributed by atoms with van der Waals surface area (Å²) in [5.41, 5.74) is 1.48. The maximum atomic E-state index is 14.4. The summed E-state index contributed by atoms with van der Waals surface area (Å²) in [5, 5.41) is 3.78. The number of para-hydroxylation sites is 1. The Kier molecular flexibility index (Phi) is 11.3. The van der Waals surface area contributed by atoms with Crippen molar-refractivity contribution < 1.29 is 18.0 Å². The van der Waals surface area contributed by atoms with Crippen LogP contribution < -0.4 is 9.62 Å². The summed E-state index contributed by atoms with van der Waals surface area (Å²) in [4.78, 5) is 29.5. The molecule has 7 nitrogen and oxygen atoms in total. The molecule has 44 heavy (non-hydrogen) atoms. The predicted molar refractivity (Wildman–Crippen MR) is 177 cm³/mol. The van der Waals surface area contributed by atoms with Crippen molar-refractivity contribution in [3.05, 3.63) is 129 Å². The molecule has 0 radical (unpaired) electrons. The largest absolute Gasteiger partial charge is 0.352 e. The molecule has 1 atom stereocenters. The van der Waals surface area contributed by atoms with Crippen molar-refractivity contribution in [2.24, 2.45) is 0 Å². The molecular formula is C33H32Cl3N3O4S. The molecule has 230 valence electrons. The Morgan fingerprint density at radius 3 is 2.02 bits per heavy atom. The van der Waals surface area contributed by atoms with Crippen LogP contribution in [0.3, 0.4) is 0 Å². The minimum absolute atomic E-state index is 0.0154. The van der Waals surface area contributed by atoms with Crippen molar-refractivity contribution in [2.75, 3.05) is 10.8 Å². The van der Waals surface area contributed by atoms with Crippen LogP contribution in [-0.2, 0) is 32.6 Å². The van der Waals surface area contributed by atoms with Gasteiger partial charge in [-0.3, -0.25) is 13.9 Å². The van der Waals surface area contributed by atoms with Gasteiger partial charge >= 0.3 is 0 Å². The van der Waals surface area contributed by atoms with Crippen molar-refractivity contribution >= 4 is 62.3 Å². The number of hydrogen-bond acceptors (Lipinski definition) is 4. The first-order valence-corrected chi connectivity index (χ1v) is 16.4.